The molecule has 1 heterocycles. The average Bonchev–Trinajstić information content (AvgIpc) is 2.99. The number of aromatic nitrogens is 2. The van der Waals surface area contributed by atoms with Crippen LogP contribution in [-0.4, -0.2) is 28.8 Å². The highest BCUT2D eigenvalue weighted by molar-refractivity contribution is 6.33. The Balaban J connectivity index is 1.94. The van der Waals surface area contributed by atoms with Gasteiger partial charge in [-0.3, -0.25) is 0 Å². The fraction of sp³-hybridized carbons (Fsp3) is 0.267. The lowest BCUT2D eigenvalue weighted by Gasteiger charge is -2.09. The summed E-state index contributed by atoms with van der Waals surface area (Å²) < 4.78 is 15.3. The van der Waals surface area contributed by atoms with Crippen molar-refractivity contribution in [1.82, 2.24) is 10.1 Å². The second kappa shape index (κ2) is 7.72. The first-order valence-corrected chi connectivity index (χ1v) is 6.96. The van der Waals surface area contributed by atoms with E-state index in [2.05, 4.69) is 16.7 Å². The van der Waals surface area contributed by atoms with Crippen molar-refractivity contribution in [3.05, 3.63) is 47.8 Å². The van der Waals surface area contributed by atoms with Crippen molar-refractivity contribution in [2.45, 2.75) is 19.6 Å². The molecule has 6 nitrogen and oxygen atoms in total. The van der Waals surface area contributed by atoms with E-state index in [9.17, 15) is 4.79 Å². The average molecular weight is 323 g/mol. The Labute approximate surface area is 132 Å². The van der Waals surface area contributed by atoms with Crippen LogP contribution in [0, 0.1) is 0 Å². The van der Waals surface area contributed by atoms with Crippen LogP contribution in [0.25, 0.3) is 11.5 Å². The van der Waals surface area contributed by atoms with Gasteiger partial charge < -0.3 is 14.0 Å². The van der Waals surface area contributed by atoms with Gasteiger partial charge in [0.1, 0.15) is 0 Å². The number of esters is 1. The van der Waals surface area contributed by atoms with Gasteiger partial charge in [0.2, 0.25) is 5.82 Å². The van der Waals surface area contributed by atoms with Crippen LogP contribution in [0.5, 0.6) is 0 Å². The summed E-state index contributed by atoms with van der Waals surface area (Å²) in [6, 6.07) is 7.09. The molecule has 0 saturated carbocycles. The molecule has 0 aliphatic rings. The molecule has 0 bridgehead atoms. The van der Waals surface area contributed by atoms with Crippen molar-refractivity contribution in [2.24, 2.45) is 0 Å². The zero-order chi connectivity index (χ0) is 15.9. The Kier molecular flexibility index (Phi) is 5.68. The second-order valence-corrected chi connectivity index (χ2v) is 4.77. The maximum atomic E-state index is 11.7. The van der Waals surface area contributed by atoms with E-state index in [4.69, 9.17) is 25.6 Å². The molecule has 2 aromatic rings. The minimum Gasteiger partial charge on any atom is -0.455 e. The summed E-state index contributed by atoms with van der Waals surface area (Å²) in [4.78, 5) is 15.8. The Morgan fingerprint density at radius 2 is 2.27 bits per heavy atom. The van der Waals surface area contributed by atoms with E-state index in [0.717, 1.165) is 0 Å². The van der Waals surface area contributed by atoms with E-state index in [1.165, 1.54) is 0 Å². The summed E-state index contributed by atoms with van der Waals surface area (Å²) in [6.45, 7) is 5.27. The van der Waals surface area contributed by atoms with E-state index in [1.54, 1.807) is 31.2 Å². The number of benzene rings is 1. The zero-order valence-corrected chi connectivity index (χ0v) is 12.7. The molecule has 0 N–H and O–H groups in total. The molecular weight excluding hydrogens is 308 g/mol. The molecule has 1 unspecified atom stereocenters. The van der Waals surface area contributed by atoms with Crippen molar-refractivity contribution >= 4 is 17.6 Å². The van der Waals surface area contributed by atoms with Gasteiger partial charge in [-0.2, -0.15) is 4.98 Å². The number of ether oxygens (including phenoxy) is 2. The third kappa shape index (κ3) is 4.16. The summed E-state index contributed by atoms with van der Waals surface area (Å²) in [5.41, 5.74) is 0.622. The number of halogens is 1. The Morgan fingerprint density at radius 3 is 3.00 bits per heavy atom. The monoisotopic (exact) mass is 322 g/mol. The molecular formula is C15H15ClN2O4. The second-order valence-electron chi connectivity index (χ2n) is 4.37. The van der Waals surface area contributed by atoms with E-state index >= 15 is 0 Å². The molecule has 0 spiro atoms. The highest BCUT2D eigenvalue weighted by Gasteiger charge is 2.17. The summed E-state index contributed by atoms with van der Waals surface area (Å²) in [7, 11) is 0. The first kappa shape index (κ1) is 16.2. The largest absolute Gasteiger partial charge is 0.455 e. The number of carbonyl (C=O) groups is 1. The van der Waals surface area contributed by atoms with Gasteiger partial charge in [-0.15, -0.1) is 6.58 Å². The molecule has 1 aromatic carbocycles. The van der Waals surface area contributed by atoms with Crippen LogP contribution in [0.4, 0.5) is 0 Å². The standard InChI is InChI=1S/C15H15ClN2O4/c1-3-8-20-10(2)15(19)21-9-13-17-14(22-18-13)11-6-4-5-7-12(11)16/h3-7,10H,1,8-9H2,2H3. The van der Waals surface area contributed by atoms with Crippen LogP contribution in [0.1, 0.15) is 12.7 Å². The minimum atomic E-state index is -0.687. The predicted octanol–water partition coefficient (Wildman–Crippen LogP) is 3.02. The Bertz CT molecular complexity index is 656. The summed E-state index contributed by atoms with van der Waals surface area (Å²) in [6.07, 6.45) is 0.867. The third-order valence-electron chi connectivity index (χ3n) is 2.71. The van der Waals surface area contributed by atoms with E-state index < -0.39 is 12.1 Å². The molecule has 0 radical (unpaired) electrons. The normalized spacial score (nSPS) is 11.9. The Hall–Kier alpha value is -2.18. The zero-order valence-electron chi connectivity index (χ0n) is 12.0. The molecule has 0 amide bonds. The SMILES string of the molecule is C=CCOC(C)C(=O)OCc1noc(-c2ccccc2Cl)n1. The highest BCUT2D eigenvalue weighted by Crippen LogP contribution is 2.25. The van der Waals surface area contributed by atoms with Crippen molar-refractivity contribution in [1.29, 1.82) is 0 Å². The van der Waals surface area contributed by atoms with Crippen molar-refractivity contribution in [3.8, 4) is 11.5 Å². The van der Waals surface area contributed by atoms with Gasteiger partial charge in [0.15, 0.2) is 12.7 Å². The van der Waals surface area contributed by atoms with Gasteiger partial charge >= 0.3 is 5.97 Å². The fourth-order valence-corrected chi connectivity index (χ4v) is 1.81. The van der Waals surface area contributed by atoms with Crippen LogP contribution in [0.2, 0.25) is 5.02 Å². The highest BCUT2D eigenvalue weighted by atomic mass is 35.5. The quantitative estimate of drug-likeness (QED) is 0.576. The molecule has 0 aliphatic carbocycles. The van der Waals surface area contributed by atoms with Gasteiger partial charge in [-0.1, -0.05) is 35.0 Å². The topological polar surface area (TPSA) is 74.5 Å². The number of carbonyl (C=O) groups excluding carboxylic acids is 1. The third-order valence-corrected chi connectivity index (χ3v) is 3.04. The molecule has 0 aliphatic heterocycles. The predicted molar refractivity (Wildman–Crippen MR) is 80.2 cm³/mol. The van der Waals surface area contributed by atoms with Crippen LogP contribution in [0.3, 0.4) is 0 Å². The van der Waals surface area contributed by atoms with Crippen molar-refractivity contribution < 1.29 is 18.8 Å². The lowest BCUT2D eigenvalue weighted by atomic mass is 10.2. The summed E-state index contributed by atoms with van der Waals surface area (Å²) >= 11 is 6.05. The number of hydrogen-bond acceptors (Lipinski definition) is 6. The van der Waals surface area contributed by atoms with Gasteiger partial charge in [-0.25, -0.2) is 4.79 Å². The lowest BCUT2D eigenvalue weighted by Crippen LogP contribution is -2.23. The van der Waals surface area contributed by atoms with Crippen LogP contribution < -0.4 is 0 Å². The molecule has 1 atom stereocenters. The van der Waals surface area contributed by atoms with Gasteiger partial charge in [0, 0.05) is 0 Å². The van der Waals surface area contributed by atoms with E-state index in [0.29, 0.717) is 10.6 Å². The number of nitrogens with zero attached hydrogens (tertiary/aromatic N) is 2. The van der Waals surface area contributed by atoms with Gasteiger partial charge in [0.05, 0.1) is 17.2 Å². The Morgan fingerprint density at radius 1 is 1.50 bits per heavy atom. The molecule has 22 heavy (non-hydrogen) atoms. The molecule has 116 valence electrons. The molecule has 1 aromatic heterocycles. The molecule has 0 fully saturated rings. The number of rotatable bonds is 7. The molecule has 0 saturated heterocycles. The summed E-state index contributed by atoms with van der Waals surface area (Å²) in [5, 5.41) is 4.25. The molecule has 7 heteroatoms. The van der Waals surface area contributed by atoms with E-state index in [1.807, 2.05) is 6.07 Å². The lowest BCUT2D eigenvalue weighted by molar-refractivity contribution is -0.156. The molecule has 2 rings (SSSR count). The van der Waals surface area contributed by atoms with Gasteiger partial charge in [-0.05, 0) is 19.1 Å². The fourth-order valence-electron chi connectivity index (χ4n) is 1.59. The number of hydrogen-bond donors (Lipinski definition) is 0. The maximum Gasteiger partial charge on any atom is 0.335 e. The first-order valence-electron chi connectivity index (χ1n) is 6.58. The smallest absolute Gasteiger partial charge is 0.335 e. The maximum absolute atomic E-state index is 11.7. The summed E-state index contributed by atoms with van der Waals surface area (Å²) in [5.74, 6) is 0.0118. The van der Waals surface area contributed by atoms with E-state index in [-0.39, 0.29) is 24.9 Å². The minimum absolute atomic E-state index is 0.103. The van der Waals surface area contributed by atoms with Crippen molar-refractivity contribution in [2.75, 3.05) is 6.61 Å². The van der Waals surface area contributed by atoms with Gasteiger partial charge in [0.25, 0.3) is 5.89 Å². The van der Waals surface area contributed by atoms with Crippen LogP contribution in [-0.2, 0) is 20.9 Å². The van der Waals surface area contributed by atoms with Crippen LogP contribution in [0.15, 0.2) is 41.4 Å². The van der Waals surface area contributed by atoms with Crippen LogP contribution >= 0.6 is 11.6 Å². The van der Waals surface area contributed by atoms with Crippen molar-refractivity contribution in [3.63, 3.8) is 0 Å². The first-order chi connectivity index (χ1) is 10.6.